The number of rotatable bonds is 18. The first-order valence-corrected chi connectivity index (χ1v) is 21.1. The molecule has 1 aromatic heterocycles. The molecule has 0 spiro atoms. The SMILES string of the molecule is CCC(=Cc1oc2cc3ccccc3cc2[n+]1CCOCCOc1ccc(S(=O)(=O)O)cc1)C=C1Oc2cc3ccccc3cc2N1CCOCCOc1ccccc1. The molecule has 0 saturated heterocycles. The average Bonchev–Trinajstić information content (AvgIpc) is 3.76. The highest BCUT2D eigenvalue weighted by Gasteiger charge is 2.28. The molecular weight excluding hydrogens is 769 g/mol. The number of nitrogens with zero attached hydrogens (tertiary/aromatic N) is 2. The van der Waals surface area contributed by atoms with Crippen LogP contribution in [0.4, 0.5) is 5.69 Å². The maximum absolute atomic E-state index is 11.3. The van der Waals surface area contributed by atoms with Crippen molar-refractivity contribution in [3.8, 4) is 17.2 Å². The molecule has 1 aliphatic heterocycles. The van der Waals surface area contributed by atoms with Crippen molar-refractivity contribution in [2.24, 2.45) is 0 Å². The third-order valence-corrected chi connectivity index (χ3v) is 10.9. The van der Waals surface area contributed by atoms with E-state index in [2.05, 4.69) is 77.1 Å². The number of hydrogen-bond donors (Lipinski definition) is 1. The lowest BCUT2D eigenvalue weighted by atomic mass is 10.1. The molecule has 59 heavy (non-hydrogen) atoms. The maximum atomic E-state index is 11.3. The fourth-order valence-corrected chi connectivity index (χ4v) is 7.47. The van der Waals surface area contributed by atoms with Crippen LogP contribution >= 0.6 is 0 Å². The van der Waals surface area contributed by atoms with Crippen molar-refractivity contribution in [1.29, 1.82) is 0 Å². The zero-order valence-corrected chi connectivity index (χ0v) is 33.5. The number of ether oxygens (including phenoxy) is 5. The molecule has 0 saturated carbocycles. The fraction of sp³-hybridized carbons (Fsp3) is 0.213. The second-order valence-electron chi connectivity index (χ2n) is 13.9. The molecule has 0 aliphatic carbocycles. The average molecular weight is 814 g/mol. The van der Waals surface area contributed by atoms with Gasteiger partial charge in [-0.05, 0) is 88.1 Å². The predicted molar refractivity (Wildman–Crippen MR) is 228 cm³/mol. The minimum absolute atomic E-state index is 0.191. The van der Waals surface area contributed by atoms with Crippen LogP contribution in [0.1, 0.15) is 19.2 Å². The van der Waals surface area contributed by atoms with Crippen molar-refractivity contribution >= 4 is 54.5 Å². The number of anilines is 1. The third-order valence-electron chi connectivity index (χ3n) is 10.00. The van der Waals surface area contributed by atoms with Crippen LogP contribution < -0.4 is 23.7 Å². The Morgan fingerprint density at radius 3 is 2.00 bits per heavy atom. The Morgan fingerprint density at radius 1 is 0.712 bits per heavy atom. The Kier molecular flexibility index (Phi) is 12.2. The molecule has 0 radical (unpaired) electrons. The molecule has 302 valence electrons. The second-order valence-corrected chi connectivity index (χ2v) is 15.3. The molecule has 0 atom stereocenters. The van der Waals surface area contributed by atoms with Gasteiger partial charge in [-0.3, -0.25) is 4.55 Å². The van der Waals surface area contributed by atoms with Gasteiger partial charge < -0.3 is 33.0 Å². The third kappa shape index (κ3) is 9.59. The quantitative estimate of drug-likeness (QED) is 0.0511. The first kappa shape index (κ1) is 39.6. The molecule has 6 aromatic carbocycles. The standard InChI is InChI=1S/C47H44N2O9S/c1-2-34(28-46-48(20-22-53-24-26-55-39-14-4-3-5-15-39)42-30-35-10-6-8-12-37(35)32-44(42)57-46)29-47-49(43-31-36-11-7-9-13-38(36)33-45(43)58-47)21-23-54-25-27-56-40-16-18-41(19-17-40)59(50,51)52/h3-19,28-33H,2,20-27H2,1H3/p+1. The number of hydrogen-bond acceptors (Lipinski definition) is 9. The van der Waals surface area contributed by atoms with Crippen LogP contribution in [0.5, 0.6) is 17.2 Å². The van der Waals surface area contributed by atoms with E-state index in [1.54, 1.807) is 0 Å². The summed E-state index contributed by atoms with van der Waals surface area (Å²) in [5.41, 5.74) is 3.70. The molecule has 7 aromatic rings. The maximum Gasteiger partial charge on any atom is 0.374 e. The van der Waals surface area contributed by atoms with Crippen LogP contribution in [0.15, 0.2) is 154 Å². The summed E-state index contributed by atoms with van der Waals surface area (Å²) >= 11 is 0. The van der Waals surface area contributed by atoms with Crippen molar-refractivity contribution < 1.29 is 45.6 Å². The summed E-state index contributed by atoms with van der Waals surface area (Å²) in [6.45, 7) is 5.54. The monoisotopic (exact) mass is 813 g/mol. The number of aromatic nitrogens is 1. The van der Waals surface area contributed by atoms with Gasteiger partial charge in [-0.15, -0.1) is 0 Å². The van der Waals surface area contributed by atoms with Gasteiger partial charge in [0.2, 0.25) is 11.5 Å². The van der Waals surface area contributed by atoms with Crippen LogP contribution in [-0.4, -0.2) is 59.2 Å². The topological polar surface area (TPSA) is 121 Å². The van der Waals surface area contributed by atoms with Crippen molar-refractivity contribution in [3.05, 3.63) is 151 Å². The van der Waals surface area contributed by atoms with Gasteiger partial charge in [-0.1, -0.05) is 73.7 Å². The van der Waals surface area contributed by atoms with E-state index in [0.29, 0.717) is 70.1 Å². The molecule has 0 fully saturated rings. The minimum Gasteiger partial charge on any atom is -0.491 e. The van der Waals surface area contributed by atoms with Gasteiger partial charge in [0.1, 0.15) is 31.3 Å². The van der Waals surface area contributed by atoms with Gasteiger partial charge in [0, 0.05) is 18.7 Å². The van der Waals surface area contributed by atoms with Crippen LogP contribution in [0, 0.1) is 0 Å². The number of benzene rings is 6. The highest BCUT2D eigenvalue weighted by molar-refractivity contribution is 7.85. The lowest BCUT2D eigenvalue weighted by Gasteiger charge is -2.19. The van der Waals surface area contributed by atoms with Crippen molar-refractivity contribution in [2.45, 2.75) is 24.8 Å². The zero-order chi connectivity index (χ0) is 40.6. The number of para-hydroxylation sites is 1. The van der Waals surface area contributed by atoms with Crippen LogP contribution in [-0.2, 0) is 26.1 Å². The van der Waals surface area contributed by atoms with Crippen molar-refractivity contribution in [3.63, 3.8) is 0 Å². The summed E-state index contributed by atoms with van der Waals surface area (Å²) in [6, 6.07) is 40.2. The summed E-state index contributed by atoms with van der Waals surface area (Å²) in [5, 5.41) is 4.42. The van der Waals surface area contributed by atoms with E-state index in [1.165, 1.54) is 24.3 Å². The Morgan fingerprint density at radius 2 is 1.32 bits per heavy atom. The Balaban J connectivity index is 1.01. The summed E-state index contributed by atoms with van der Waals surface area (Å²) in [4.78, 5) is 1.98. The molecule has 8 rings (SSSR count). The molecule has 11 nitrogen and oxygen atoms in total. The van der Waals surface area contributed by atoms with E-state index in [1.807, 2.05) is 54.6 Å². The summed E-state index contributed by atoms with van der Waals surface area (Å²) < 4.78 is 70.8. The molecule has 1 N–H and O–H groups in total. The van der Waals surface area contributed by atoms with Gasteiger partial charge in [0.25, 0.3) is 15.6 Å². The Labute approximate surface area is 343 Å². The van der Waals surface area contributed by atoms with E-state index < -0.39 is 10.1 Å². The van der Waals surface area contributed by atoms with Gasteiger partial charge in [0.15, 0.2) is 12.3 Å². The largest absolute Gasteiger partial charge is 0.491 e. The summed E-state index contributed by atoms with van der Waals surface area (Å²) in [7, 11) is -4.27. The van der Waals surface area contributed by atoms with E-state index in [0.717, 1.165) is 55.4 Å². The molecule has 0 amide bonds. The zero-order valence-electron chi connectivity index (χ0n) is 32.7. The predicted octanol–water partition coefficient (Wildman–Crippen LogP) is 9.00. The Hall–Kier alpha value is -6.18. The first-order chi connectivity index (χ1) is 28.8. The minimum atomic E-state index is -4.27. The highest BCUT2D eigenvalue weighted by Crippen LogP contribution is 2.42. The number of allylic oxidation sites excluding steroid dienone is 2. The number of fused-ring (bicyclic) bond motifs is 4. The van der Waals surface area contributed by atoms with Crippen LogP contribution in [0.25, 0.3) is 38.7 Å². The molecule has 2 heterocycles. The van der Waals surface area contributed by atoms with Gasteiger partial charge >= 0.3 is 5.89 Å². The van der Waals surface area contributed by atoms with Crippen LogP contribution in [0.2, 0.25) is 0 Å². The first-order valence-electron chi connectivity index (χ1n) is 19.6. The lowest BCUT2D eigenvalue weighted by molar-refractivity contribution is -0.679. The van der Waals surface area contributed by atoms with E-state index in [4.69, 9.17) is 28.1 Å². The molecule has 12 heteroatoms. The summed E-state index contributed by atoms with van der Waals surface area (Å²) in [6.07, 6.45) is 4.85. The van der Waals surface area contributed by atoms with Crippen molar-refractivity contribution in [2.75, 3.05) is 51.1 Å². The fourth-order valence-electron chi connectivity index (χ4n) is 6.99. The van der Waals surface area contributed by atoms with Gasteiger partial charge in [0.05, 0.1) is 36.5 Å². The molecule has 0 unspecified atom stereocenters. The summed E-state index contributed by atoms with van der Waals surface area (Å²) in [5.74, 6) is 3.46. The second kappa shape index (κ2) is 18.2. The molecular formula is C47H45N2O9S+. The van der Waals surface area contributed by atoms with Crippen molar-refractivity contribution in [1.82, 2.24) is 0 Å². The smallest absolute Gasteiger partial charge is 0.374 e. The van der Waals surface area contributed by atoms with E-state index in [9.17, 15) is 13.0 Å². The van der Waals surface area contributed by atoms with Gasteiger partial charge in [-0.2, -0.15) is 13.0 Å². The van der Waals surface area contributed by atoms with E-state index >= 15 is 0 Å². The highest BCUT2D eigenvalue weighted by atomic mass is 32.2. The van der Waals surface area contributed by atoms with E-state index in [-0.39, 0.29) is 11.5 Å². The lowest BCUT2D eigenvalue weighted by Crippen LogP contribution is -2.38. The molecule has 0 bridgehead atoms. The van der Waals surface area contributed by atoms with Gasteiger partial charge in [-0.25, -0.2) is 0 Å². The van der Waals surface area contributed by atoms with Crippen LogP contribution in [0.3, 0.4) is 0 Å². The molecule has 1 aliphatic rings. The normalized spacial score (nSPS) is 13.7. The Bertz CT molecular complexity index is 2730. The number of oxazole rings is 1.